The minimum atomic E-state index is -0.597. The number of carbonyl (C=O) groups excluding carboxylic acids is 2. The van der Waals surface area contributed by atoms with Crippen LogP contribution in [0.15, 0.2) is 53.4 Å². The maximum atomic E-state index is 13.3. The van der Waals surface area contributed by atoms with Gasteiger partial charge in [0.2, 0.25) is 11.8 Å². The Bertz CT molecular complexity index is 845. The molecule has 1 atom stereocenters. The molecule has 0 fully saturated rings. The van der Waals surface area contributed by atoms with Crippen molar-refractivity contribution in [1.82, 2.24) is 10.2 Å². The molecule has 2 aromatic carbocycles. The van der Waals surface area contributed by atoms with Crippen molar-refractivity contribution in [3.8, 4) is 0 Å². The summed E-state index contributed by atoms with van der Waals surface area (Å²) in [6.45, 7) is 9.91. The van der Waals surface area contributed by atoms with Crippen molar-refractivity contribution in [2.45, 2.75) is 64.1 Å². The molecule has 0 heterocycles. The van der Waals surface area contributed by atoms with Crippen LogP contribution in [-0.2, 0) is 16.1 Å². The smallest absolute Gasteiger partial charge is 0.243 e. The molecule has 1 unspecified atom stereocenters. The monoisotopic (exact) mass is 430 g/mol. The summed E-state index contributed by atoms with van der Waals surface area (Å²) >= 11 is 1.45. The Labute approximate surface area is 183 Å². The fourth-order valence-electron chi connectivity index (χ4n) is 3.02. The van der Waals surface area contributed by atoms with Gasteiger partial charge >= 0.3 is 0 Å². The van der Waals surface area contributed by atoms with Crippen LogP contribution in [0.3, 0.4) is 0 Å². The zero-order chi connectivity index (χ0) is 22.3. The molecule has 2 aromatic rings. The number of carbonyl (C=O) groups is 2. The third kappa shape index (κ3) is 7.48. The fraction of sp³-hybridized carbons (Fsp3) is 0.417. The first-order valence-corrected chi connectivity index (χ1v) is 11.1. The first kappa shape index (κ1) is 23.9. The van der Waals surface area contributed by atoms with Gasteiger partial charge in [-0.2, -0.15) is 0 Å². The average molecular weight is 431 g/mol. The summed E-state index contributed by atoms with van der Waals surface area (Å²) in [5.41, 5.74) is 1.55. The Kier molecular flexibility index (Phi) is 8.47. The van der Waals surface area contributed by atoms with Crippen LogP contribution in [0.1, 0.15) is 45.2 Å². The molecule has 1 N–H and O–H groups in total. The second-order valence-electron chi connectivity index (χ2n) is 8.41. The highest BCUT2D eigenvalue weighted by molar-refractivity contribution is 8.00. The Morgan fingerprint density at radius 2 is 1.67 bits per heavy atom. The number of hydrogen-bond acceptors (Lipinski definition) is 3. The molecule has 0 aliphatic carbocycles. The Morgan fingerprint density at radius 3 is 2.20 bits per heavy atom. The van der Waals surface area contributed by atoms with Crippen molar-refractivity contribution in [2.24, 2.45) is 0 Å². The summed E-state index contributed by atoms with van der Waals surface area (Å²) in [5, 5.41) is 2.98. The van der Waals surface area contributed by atoms with E-state index < -0.39 is 11.6 Å². The molecule has 0 radical (unpaired) electrons. The SMILES string of the molecule is CCC(C(=O)NC(C)(C)C)N(Cc1ccc(F)cc1)C(=O)CSc1ccc(C)cc1. The normalized spacial score (nSPS) is 12.3. The van der Waals surface area contributed by atoms with Crippen molar-refractivity contribution in [1.29, 1.82) is 0 Å². The molecule has 2 amide bonds. The van der Waals surface area contributed by atoms with E-state index in [2.05, 4.69) is 5.32 Å². The molecule has 0 spiro atoms. The lowest BCUT2D eigenvalue weighted by atomic mass is 10.1. The number of thioether (sulfide) groups is 1. The van der Waals surface area contributed by atoms with Gasteiger partial charge in [-0.15, -0.1) is 11.8 Å². The van der Waals surface area contributed by atoms with E-state index in [1.165, 1.54) is 23.9 Å². The second-order valence-corrected chi connectivity index (χ2v) is 9.46. The topological polar surface area (TPSA) is 49.4 Å². The molecule has 0 saturated carbocycles. The minimum Gasteiger partial charge on any atom is -0.350 e. The highest BCUT2D eigenvalue weighted by Gasteiger charge is 2.30. The predicted octanol–water partition coefficient (Wildman–Crippen LogP) is 4.95. The highest BCUT2D eigenvalue weighted by Crippen LogP contribution is 2.21. The van der Waals surface area contributed by atoms with Crippen LogP contribution in [0.5, 0.6) is 0 Å². The van der Waals surface area contributed by atoms with Crippen molar-refractivity contribution in [3.63, 3.8) is 0 Å². The van der Waals surface area contributed by atoms with Crippen LogP contribution < -0.4 is 5.32 Å². The van der Waals surface area contributed by atoms with Crippen LogP contribution in [0.25, 0.3) is 0 Å². The van der Waals surface area contributed by atoms with Gasteiger partial charge in [0, 0.05) is 17.0 Å². The molecular weight excluding hydrogens is 399 g/mol. The summed E-state index contributed by atoms with van der Waals surface area (Å²) in [6.07, 6.45) is 0.490. The molecule has 0 bridgehead atoms. The number of rotatable bonds is 8. The molecule has 0 aromatic heterocycles. The molecule has 0 saturated heterocycles. The van der Waals surface area contributed by atoms with Gasteiger partial charge in [0.05, 0.1) is 5.75 Å². The van der Waals surface area contributed by atoms with Crippen molar-refractivity contribution >= 4 is 23.6 Å². The minimum absolute atomic E-state index is 0.124. The van der Waals surface area contributed by atoms with Gasteiger partial charge in [-0.3, -0.25) is 9.59 Å². The van der Waals surface area contributed by atoms with Gasteiger partial charge in [0.15, 0.2) is 0 Å². The Morgan fingerprint density at radius 1 is 1.07 bits per heavy atom. The van der Waals surface area contributed by atoms with Gasteiger partial charge in [-0.05, 0) is 63.9 Å². The largest absolute Gasteiger partial charge is 0.350 e. The quantitative estimate of drug-likeness (QED) is 0.603. The summed E-state index contributed by atoms with van der Waals surface area (Å²) in [4.78, 5) is 28.7. The third-order valence-electron chi connectivity index (χ3n) is 4.53. The number of halogens is 1. The van der Waals surface area contributed by atoms with E-state index >= 15 is 0 Å². The van der Waals surface area contributed by atoms with Crippen molar-refractivity contribution in [2.75, 3.05) is 5.75 Å². The van der Waals surface area contributed by atoms with Crippen LogP contribution >= 0.6 is 11.8 Å². The molecule has 30 heavy (non-hydrogen) atoms. The summed E-state index contributed by atoms with van der Waals surface area (Å²) in [7, 11) is 0. The summed E-state index contributed by atoms with van der Waals surface area (Å²) in [6, 6.07) is 13.4. The number of benzene rings is 2. The summed E-state index contributed by atoms with van der Waals surface area (Å²) < 4.78 is 13.3. The number of amides is 2. The molecule has 2 rings (SSSR count). The fourth-order valence-corrected chi connectivity index (χ4v) is 3.81. The standard InChI is InChI=1S/C24H31FN2O2S/c1-6-21(23(29)26-24(3,4)5)27(15-18-9-11-19(25)12-10-18)22(28)16-30-20-13-7-17(2)8-14-20/h7-14,21H,6,15-16H2,1-5H3,(H,26,29). The van der Waals surface area contributed by atoms with E-state index in [1.807, 2.05) is 58.9 Å². The van der Waals surface area contributed by atoms with Crippen LogP contribution in [-0.4, -0.2) is 34.0 Å². The highest BCUT2D eigenvalue weighted by atomic mass is 32.2. The van der Waals surface area contributed by atoms with E-state index in [0.717, 1.165) is 16.0 Å². The molecule has 6 heteroatoms. The number of nitrogens with one attached hydrogen (secondary N) is 1. The van der Waals surface area contributed by atoms with Crippen LogP contribution in [0.4, 0.5) is 4.39 Å². The average Bonchev–Trinajstić information content (AvgIpc) is 2.67. The van der Waals surface area contributed by atoms with Gasteiger partial charge in [0.25, 0.3) is 0 Å². The lowest BCUT2D eigenvalue weighted by Gasteiger charge is -2.33. The summed E-state index contributed by atoms with van der Waals surface area (Å²) in [5.74, 6) is -0.408. The third-order valence-corrected chi connectivity index (χ3v) is 5.53. The molecule has 4 nitrogen and oxygen atoms in total. The first-order chi connectivity index (χ1) is 14.1. The maximum absolute atomic E-state index is 13.3. The Hall–Kier alpha value is -2.34. The van der Waals surface area contributed by atoms with Crippen molar-refractivity contribution < 1.29 is 14.0 Å². The maximum Gasteiger partial charge on any atom is 0.243 e. The number of hydrogen-bond donors (Lipinski definition) is 1. The van der Waals surface area contributed by atoms with Gasteiger partial charge in [-0.25, -0.2) is 4.39 Å². The van der Waals surface area contributed by atoms with Gasteiger partial charge in [-0.1, -0.05) is 36.8 Å². The second kappa shape index (κ2) is 10.6. The van der Waals surface area contributed by atoms with Gasteiger partial charge in [0.1, 0.15) is 11.9 Å². The van der Waals surface area contributed by atoms with Crippen LogP contribution in [0.2, 0.25) is 0 Å². The zero-order valence-corrected chi connectivity index (χ0v) is 19.2. The molecule has 0 aliphatic heterocycles. The van der Waals surface area contributed by atoms with E-state index in [9.17, 15) is 14.0 Å². The van der Waals surface area contributed by atoms with E-state index in [4.69, 9.17) is 0 Å². The van der Waals surface area contributed by atoms with E-state index in [0.29, 0.717) is 6.42 Å². The molecular formula is C24H31FN2O2S. The molecule has 162 valence electrons. The first-order valence-electron chi connectivity index (χ1n) is 10.1. The lowest BCUT2D eigenvalue weighted by molar-refractivity contribution is -0.140. The van der Waals surface area contributed by atoms with Crippen LogP contribution in [0, 0.1) is 12.7 Å². The number of nitrogens with zero attached hydrogens (tertiary/aromatic N) is 1. The number of aryl methyl sites for hydroxylation is 1. The zero-order valence-electron chi connectivity index (χ0n) is 18.4. The predicted molar refractivity (Wildman–Crippen MR) is 121 cm³/mol. The van der Waals surface area contributed by atoms with E-state index in [-0.39, 0.29) is 29.9 Å². The van der Waals surface area contributed by atoms with Crippen molar-refractivity contribution in [3.05, 3.63) is 65.5 Å². The molecule has 0 aliphatic rings. The lowest BCUT2D eigenvalue weighted by Crippen LogP contribution is -2.53. The Balaban J connectivity index is 2.21. The van der Waals surface area contributed by atoms with Gasteiger partial charge < -0.3 is 10.2 Å². The van der Waals surface area contributed by atoms with E-state index in [1.54, 1.807) is 17.0 Å².